The third-order valence-electron chi connectivity index (χ3n) is 4.01. The van der Waals surface area contributed by atoms with E-state index in [1.165, 1.54) is 0 Å². The number of primary amides is 1. The van der Waals surface area contributed by atoms with Crippen LogP contribution < -0.4 is 10.5 Å². The van der Waals surface area contributed by atoms with Gasteiger partial charge in [0.1, 0.15) is 11.9 Å². The molecule has 3 rings (SSSR count). The summed E-state index contributed by atoms with van der Waals surface area (Å²) in [6.07, 6.45) is 1.20. The number of carbonyl (C=O) groups excluding carboxylic acids is 1. The highest BCUT2D eigenvalue weighted by Crippen LogP contribution is 2.24. The van der Waals surface area contributed by atoms with Gasteiger partial charge in [0.15, 0.2) is 0 Å². The van der Waals surface area contributed by atoms with E-state index in [4.69, 9.17) is 31.5 Å². The van der Waals surface area contributed by atoms with Gasteiger partial charge in [0.05, 0.1) is 36.5 Å². The number of benzene rings is 1. The molecule has 0 radical (unpaired) electrons. The molecule has 0 saturated carbocycles. The van der Waals surface area contributed by atoms with Crippen molar-refractivity contribution in [3.8, 4) is 17.0 Å². The molecule has 1 amide bonds. The van der Waals surface area contributed by atoms with Crippen molar-refractivity contribution in [3.05, 3.63) is 47.6 Å². The first-order valence-electron chi connectivity index (χ1n) is 8.00. The number of nitrogens with two attached hydrogens (primary N) is 1. The second-order valence-electron chi connectivity index (χ2n) is 5.80. The predicted molar refractivity (Wildman–Crippen MR) is 93.6 cm³/mol. The van der Waals surface area contributed by atoms with Crippen LogP contribution in [0.5, 0.6) is 5.75 Å². The molecule has 0 spiro atoms. The maximum atomic E-state index is 11.0. The van der Waals surface area contributed by atoms with Crippen LogP contribution in [0.4, 0.5) is 4.79 Å². The number of hydrogen-bond donors (Lipinski definition) is 1. The van der Waals surface area contributed by atoms with Crippen LogP contribution in [0, 0.1) is 5.92 Å². The monoisotopic (exact) mass is 362 g/mol. The zero-order chi connectivity index (χ0) is 17.6. The van der Waals surface area contributed by atoms with Crippen LogP contribution in [-0.4, -0.2) is 37.0 Å². The second-order valence-corrected chi connectivity index (χ2v) is 6.23. The summed E-state index contributed by atoms with van der Waals surface area (Å²) in [5, 5.41) is 0.603. The largest absolute Gasteiger partial charge is 0.493 e. The number of aromatic nitrogens is 1. The zero-order valence-corrected chi connectivity index (χ0v) is 14.3. The molecule has 7 heteroatoms. The number of halogens is 1. The molecule has 2 N–H and O–H groups in total. The minimum Gasteiger partial charge on any atom is -0.493 e. The Balaban J connectivity index is 1.59. The summed E-state index contributed by atoms with van der Waals surface area (Å²) in [7, 11) is 0. The lowest BCUT2D eigenvalue weighted by atomic mass is 9.99. The van der Waals surface area contributed by atoms with E-state index in [-0.39, 0.29) is 12.0 Å². The van der Waals surface area contributed by atoms with Crippen molar-refractivity contribution < 1.29 is 19.0 Å². The first-order chi connectivity index (χ1) is 12.1. The molecule has 2 unspecified atom stereocenters. The Morgan fingerprint density at radius 1 is 1.28 bits per heavy atom. The number of ether oxygens (including phenoxy) is 3. The summed E-state index contributed by atoms with van der Waals surface area (Å²) in [6, 6.07) is 11.3. The van der Waals surface area contributed by atoms with Gasteiger partial charge in [-0.2, -0.15) is 0 Å². The maximum absolute atomic E-state index is 11.0. The molecule has 1 aliphatic heterocycles. The van der Waals surface area contributed by atoms with Gasteiger partial charge in [-0.05, 0) is 36.4 Å². The Bertz CT molecular complexity index is 706. The third kappa shape index (κ3) is 4.84. The van der Waals surface area contributed by atoms with Crippen LogP contribution in [0.2, 0.25) is 5.02 Å². The SMILES string of the molecule is NC(=O)OC1CCOCC1COc1ccc(-c2ccc(Cl)cn2)cc1. The molecule has 1 fully saturated rings. The van der Waals surface area contributed by atoms with E-state index in [0.717, 1.165) is 17.0 Å². The van der Waals surface area contributed by atoms with Crippen LogP contribution in [0.3, 0.4) is 0 Å². The van der Waals surface area contributed by atoms with E-state index in [9.17, 15) is 4.79 Å². The maximum Gasteiger partial charge on any atom is 0.404 e. The Morgan fingerprint density at radius 3 is 2.76 bits per heavy atom. The van der Waals surface area contributed by atoms with Crippen molar-refractivity contribution >= 4 is 17.7 Å². The van der Waals surface area contributed by atoms with Gasteiger partial charge in [0, 0.05) is 18.2 Å². The lowest BCUT2D eigenvalue weighted by Gasteiger charge is -2.30. The minimum atomic E-state index is -0.767. The van der Waals surface area contributed by atoms with Crippen molar-refractivity contribution in [2.75, 3.05) is 19.8 Å². The standard InChI is InChI=1S/C18H19ClN2O4/c19-14-3-6-16(21-9-14)12-1-4-15(5-2-12)24-11-13-10-23-8-7-17(13)25-18(20)22/h1-6,9,13,17H,7-8,10-11H2,(H2,20,22). The molecule has 2 heterocycles. The number of nitrogens with zero attached hydrogens (tertiary/aromatic N) is 1. The van der Waals surface area contributed by atoms with Gasteiger partial charge in [-0.3, -0.25) is 4.98 Å². The first-order valence-corrected chi connectivity index (χ1v) is 8.38. The van der Waals surface area contributed by atoms with Gasteiger partial charge in [-0.15, -0.1) is 0 Å². The molecule has 1 saturated heterocycles. The lowest BCUT2D eigenvalue weighted by Crippen LogP contribution is -2.40. The number of hydrogen-bond acceptors (Lipinski definition) is 5. The highest BCUT2D eigenvalue weighted by Gasteiger charge is 2.29. The van der Waals surface area contributed by atoms with Crippen molar-refractivity contribution in [1.82, 2.24) is 4.98 Å². The van der Waals surface area contributed by atoms with E-state index in [1.54, 1.807) is 12.3 Å². The highest BCUT2D eigenvalue weighted by molar-refractivity contribution is 6.30. The third-order valence-corrected chi connectivity index (χ3v) is 4.24. The molecule has 2 atom stereocenters. The smallest absolute Gasteiger partial charge is 0.404 e. The number of carbonyl (C=O) groups is 1. The molecular formula is C18H19ClN2O4. The topological polar surface area (TPSA) is 83.7 Å². The van der Waals surface area contributed by atoms with Crippen molar-refractivity contribution in [2.24, 2.45) is 11.7 Å². The summed E-state index contributed by atoms with van der Waals surface area (Å²) in [6.45, 7) is 1.42. The molecule has 25 heavy (non-hydrogen) atoms. The number of amides is 1. The number of rotatable bonds is 5. The Kier molecular flexibility index (Phi) is 5.73. The fraction of sp³-hybridized carbons (Fsp3) is 0.333. The van der Waals surface area contributed by atoms with Crippen molar-refractivity contribution in [2.45, 2.75) is 12.5 Å². The fourth-order valence-electron chi connectivity index (χ4n) is 2.71. The molecule has 1 aliphatic rings. The van der Waals surface area contributed by atoms with Crippen LogP contribution in [-0.2, 0) is 9.47 Å². The lowest BCUT2D eigenvalue weighted by molar-refractivity contribution is -0.0541. The summed E-state index contributed by atoms with van der Waals surface area (Å²) in [5.74, 6) is 0.681. The van der Waals surface area contributed by atoms with Gasteiger partial charge < -0.3 is 19.9 Å². The molecule has 6 nitrogen and oxygen atoms in total. The van der Waals surface area contributed by atoms with E-state index < -0.39 is 6.09 Å². The van der Waals surface area contributed by atoms with Gasteiger partial charge in [0.25, 0.3) is 0 Å². The predicted octanol–water partition coefficient (Wildman–Crippen LogP) is 3.28. The van der Waals surface area contributed by atoms with Gasteiger partial charge in [-0.1, -0.05) is 11.6 Å². The van der Waals surface area contributed by atoms with Crippen LogP contribution in [0.15, 0.2) is 42.6 Å². The summed E-state index contributed by atoms with van der Waals surface area (Å²) >= 11 is 5.85. The van der Waals surface area contributed by atoms with E-state index in [2.05, 4.69) is 4.98 Å². The quantitative estimate of drug-likeness (QED) is 0.882. The van der Waals surface area contributed by atoms with Crippen molar-refractivity contribution in [3.63, 3.8) is 0 Å². The molecule has 0 bridgehead atoms. The molecular weight excluding hydrogens is 344 g/mol. The van der Waals surface area contributed by atoms with Crippen LogP contribution in [0.25, 0.3) is 11.3 Å². The first kappa shape index (κ1) is 17.5. The van der Waals surface area contributed by atoms with Gasteiger partial charge in [0.2, 0.25) is 0 Å². The number of pyridine rings is 1. The molecule has 0 aliphatic carbocycles. The molecule has 2 aromatic rings. The average molecular weight is 363 g/mol. The fourth-order valence-corrected chi connectivity index (χ4v) is 2.82. The Hall–Kier alpha value is -2.31. The molecule has 1 aromatic heterocycles. The molecule has 1 aromatic carbocycles. The van der Waals surface area contributed by atoms with Gasteiger partial charge in [-0.25, -0.2) is 4.79 Å². The average Bonchev–Trinajstić information content (AvgIpc) is 2.62. The van der Waals surface area contributed by atoms with E-state index in [1.807, 2.05) is 30.3 Å². The molecule has 132 valence electrons. The Labute approximate surface area is 150 Å². The normalized spacial score (nSPS) is 20.0. The van der Waals surface area contributed by atoms with E-state index >= 15 is 0 Å². The van der Waals surface area contributed by atoms with Crippen LogP contribution >= 0.6 is 11.6 Å². The Morgan fingerprint density at radius 2 is 2.08 bits per heavy atom. The second kappa shape index (κ2) is 8.18. The zero-order valence-electron chi connectivity index (χ0n) is 13.6. The van der Waals surface area contributed by atoms with Crippen LogP contribution in [0.1, 0.15) is 6.42 Å². The van der Waals surface area contributed by atoms with Crippen molar-refractivity contribution in [1.29, 1.82) is 0 Å². The highest BCUT2D eigenvalue weighted by atomic mass is 35.5. The summed E-state index contributed by atoms with van der Waals surface area (Å²) in [4.78, 5) is 15.3. The van der Waals surface area contributed by atoms with E-state index in [0.29, 0.717) is 31.3 Å². The van der Waals surface area contributed by atoms with Gasteiger partial charge >= 0.3 is 6.09 Å². The minimum absolute atomic E-state index is 0.0427. The summed E-state index contributed by atoms with van der Waals surface area (Å²) < 4.78 is 16.4. The summed E-state index contributed by atoms with van der Waals surface area (Å²) in [5.41, 5.74) is 6.93.